The van der Waals surface area contributed by atoms with E-state index in [1.807, 2.05) is 18.3 Å². The second-order valence-electron chi connectivity index (χ2n) is 5.34. The van der Waals surface area contributed by atoms with E-state index < -0.39 is 11.9 Å². The Morgan fingerprint density at radius 3 is 2.35 bits per heavy atom. The molecule has 0 fully saturated rings. The van der Waals surface area contributed by atoms with Gasteiger partial charge in [-0.3, -0.25) is 0 Å². The smallest absolute Gasteiger partial charge is 0.355 e. The number of ether oxygens (including phenoxy) is 3. The Hall–Kier alpha value is -2.65. The van der Waals surface area contributed by atoms with Crippen LogP contribution in [0.15, 0.2) is 52.4 Å². The zero-order valence-electron chi connectivity index (χ0n) is 14.1. The fraction of sp³-hybridized carbons (Fsp3) is 0.235. The number of hydrogen-bond acceptors (Lipinski definition) is 7. The van der Waals surface area contributed by atoms with Gasteiger partial charge in [-0.05, 0) is 40.2 Å². The summed E-state index contributed by atoms with van der Waals surface area (Å²) in [5.41, 5.74) is 1.74. The summed E-state index contributed by atoms with van der Waals surface area (Å²) in [7, 11) is 2.51. The largest absolute Gasteiger partial charge is 0.466 e. The van der Waals surface area contributed by atoms with Crippen LogP contribution in [0.1, 0.15) is 0 Å². The molecule has 9 heteroatoms. The summed E-state index contributed by atoms with van der Waals surface area (Å²) in [5, 5.41) is 4.22. The van der Waals surface area contributed by atoms with Gasteiger partial charge in [-0.25, -0.2) is 14.3 Å². The number of benzene rings is 1. The van der Waals surface area contributed by atoms with Crippen molar-refractivity contribution in [2.24, 2.45) is 0 Å². The van der Waals surface area contributed by atoms with Gasteiger partial charge < -0.3 is 19.1 Å². The highest BCUT2D eigenvalue weighted by Gasteiger charge is 2.32. The Morgan fingerprint density at radius 1 is 1.12 bits per heavy atom. The molecule has 0 radical (unpaired) electrons. The van der Waals surface area contributed by atoms with Gasteiger partial charge in [0.05, 0.1) is 42.8 Å². The van der Waals surface area contributed by atoms with Crippen LogP contribution in [0.2, 0.25) is 0 Å². The lowest BCUT2D eigenvalue weighted by Crippen LogP contribution is -2.38. The number of carbonyl (C=O) groups is 2. The normalized spacial score (nSPS) is 14.3. The van der Waals surface area contributed by atoms with E-state index in [9.17, 15) is 9.59 Å². The van der Waals surface area contributed by atoms with Gasteiger partial charge in [0.1, 0.15) is 12.4 Å². The Bertz CT molecular complexity index is 860. The molecule has 1 aromatic heterocycles. The van der Waals surface area contributed by atoms with Crippen molar-refractivity contribution < 1.29 is 23.8 Å². The van der Waals surface area contributed by atoms with Crippen LogP contribution in [0.25, 0.3) is 5.69 Å². The van der Waals surface area contributed by atoms with E-state index in [4.69, 9.17) is 14.2 Å². The molecule has 0 N–H and O–H groups in total. The van der Waals surface area contributed by atoms with Crippen LogP contribution in [0, 0.1) is 0 Å². The number of rotatable bonds is 4. The molecule has 0 unspecified atom stereocenters. The molecular weight excluding hydrogens is 406 g/mol. The number of halogens is 1. The first-order valence-electron chi connectivity index (χ1n) is 7.61. The topological polar surface area (TPSA) is 82.9 Å². The highest BCUT2D eigenvalue weighted by molar-refractivity contribution is 9.10. The maximum Gasteiger partial charge on any atom is 0.355 e. The molecular formula is C17H16BrN3O5. The fourth-order valence-electron chi connectivity index (χ4n) is 2.57. The van der Waals surface area contributed by atoms with E-state index in [2.05, 4.69) is 21.0 Å². The van der Waals surface area contributed by atoms with Crippen LogP contribution in [-0.4, -0.2) is 49.3 Å². The van der Waals surface area contributed by atoms with Crippen molar-refractivity contribution in [2.75, 3.05) is 32.5 Å². The number of hydrogen-bond donors (Lipinski definition) is 0. The van der Waals surface area contributed by atoms with Crippen molar-refractivity contribution in [3.05, 3.63) is 52.4 Å². The molecule has 0 aliphatic carbocycles. The summed E-state index contributed by atoms with van der Waals surface area (Å²) in [4.78, 5) is 25.8. The van der Waals surface area contributed by atoms with Crippen molar-refractivity contribution in [3.8, 4) is 5.69 Å². The number of anilines is 1. The summed E-state index contributed by atoms with van der Waals surface area (Å²) in [6.07, 6.45) is 3.52. The number of aromatic nitrogens is 2. The summed E-state index contributed by atoms with van der Waals surface area (Å²) >= 11 is 3.36. The molecule has 8 nitrogen and oxygen atoms in total. The molecule has 2 heterocycles. The van der Waals surface area contributed by atoms with Crippen LogP contribution < -0.4 is 4.90 Å². The Kier molecular flexibility index (Phi) is 5.38. The molecule has 0 amide bonds. The third kappa shape index (κ3) is 3.49. The average molecular weight is 422 g/mol. The van der Waals surface area contributed by atoms with E-state index >= 15 is 0 Å². The Morgan fingerprint density at radius 2 is 1.77 bits per heavy atom. The van der Waals surface area contributed by atoms with Crippen LogP contribution in [0.4, 0.5) is 5.69 Å². The quantitative estimate of drug-likeness (QED) is 0.698. The molecule has 136 valence electrons. The molecule has 1 aliphatic heterocycles. The van der Waals surface area contributed by atoms with E-state index in [0.717, 1.165) is 10.2 Å². The molecule has 1 aromatic carbocycles. The van der Waals surface area contributed by atoms with Crippen molar-refractivity contribution in [1.29, 1.82) is 0 Å². The summed E-state index contributed by atoms with van der Waals surface area (Å²) in [5.74, 6) is -1.26. The minimum absolute atomic E-state index is 0.0208. The molecule has 2 aromatic rings. The molecule has 1 aliphatic rings. The SMILES string of the molecule is COC(=O)C1=C(C(=O)OC)N(c2ccc(-n3cc(Br)cn3)cc2)COC1. The zero-order valence-corrected chi connectivity index (χ0v) is 15.7. The van der Waals surface area contributed by atoms with E-state index in [-0.39, 0.29) is 24.6 Å². The minimum atomic E-state index is -0.631. The number of esters is 2. The number of methoxy groups -OCH3 is 2. The highest BCUT2D eigenvalue weighted by Crippen LogP contribution is 2.27. The zero-order chi connectivity index (χ0) is 18.7. The van der Waals surface area contributed by atoms with Gasteiger partial charge >= 0.3 is 11.9 Å². The standard InChI is InChI=1S/C17H16BrN3O5/c1-24-16(22)14-9-26-10-20(15(14)17(23)25-2)12-3-5-13(6-4-12)21-8-11(18)7-19-21/h3-8H,9-10H2,1-2H3. The Labute approximate surface area is 158 Å². The maximum absolute atomic E-state index is 12.3. The van der Waals surface area contributed by atoms with Gasteiger partial charge in [0.2, 0.25) is 0 Å². The van der Waals surface area contributed by atoms with E-state index in [0.29, 0.717) is 5.69 Å². The fourth-order valence-corrected chi connectivity index (χ4v) is 2.86. The lowest BCUT2D eigenvalue weighted by atomic mass is 10.1. The van der Waals surface area contributed by atoms with E-state index in [1.54, 1.807) is 27.9 Å². The van der Waals surface area contributed by atoms with Gasteiger partial charge in [0, 0.05) is 11.9 Å². The summed E-state index contributed by atoms with van der Waals surface area (Å²) in [6, 6.07) is 7.29. The molecule has 0 saturated carbocycles. The summed E-state index contributed by atoms with van der Waals surface area (Å²) in [6.45, 7) is 0.0879. The second kappa shape index (κ2) is 7.71. The average Bonchev–Trinajstić information content (AvgIpc) is 3.12. The molecule has 26 heavy (non-hydrogen) atoms. The van der Waals surface area contributed by atoms with Gasteiger partial charge in [0.15, 0.2) is 0 Å². The van der Waals surface area contributed by atoms with Crippen molar-refractivity contribution >= 4 is 33.6 Å². The van der Waals surface area contributed by atoms with Crippen LogP contribution >= 0.6 is 15.9 Å². The highest BCUT2D eigenvalue weighted by atomic mass is 79.9. The number of carbonyl (C=O) groups excluding carboxylic acids is 2. The molecule has 0 atom stereocenters. The monoisotopic (exact) mass is 421 g/mol. The predicted molar refractivity (Wildman–Crippen MR) is 95.6 cm³/mol. The lowest BCUT2D eigenvalue weighted by Gasteiger charge is -2.31. The minimum Gasteiger partial charge on any atom is -0.466 e. The third-order valence-electron chi connectivity index (χ3n) is 3.81. The predicted octanol–water partition coefficient (Wildman–Crippen LogP) is 2.03. The molecule has 0 bridgehead atoms. The molecule has 0 spiro atoms. The second-order valence-corrected chi connectivity index (χ2v) is 6.25. The van der Waals surface area contributed by atoms with Crippen LogP contribution in [0.3, 0.4) is 0 Å². The van der Waals surface area contributed by atoms with Gasteiger partial charge in [-0.15, -0.1) is 0 Å². The summed E-state index contributed by atoms with van der Waals surface area (Å²) < 4.78 is 17.6. The van der Waals surface area contributed by atoms with Crippen LogP contribution in [0.5, 0.6) is 0 Å². The van der Waals surface area contributed by atoms with Crippen LogP contribution in [-0.2, 0) is 23.8 Å². The first-order chi connectivity index (χ1) is 12.5. The first kappa shape index (κ1) is 18.2. The number of nitrogens with zero attached hydrogens (tertiary/aromatic N) is 3. The lowest BCUT2D eigenvalue weighted by molar-refractivity contribution is -0.140. The molecule has 3 rings (SSSR count). The van der Waals surface area contributed by atoms with E-state index in [1.165, 1.54) is 14.2 Å². The van der Waals surface area contributed by atoms with Crippen molar-refractivity contribution in [3.63, 3.8) is 0 Å². The van der Waals surface area contributed by atoms with Crippen molar-refractivity contribution in [2.45, 2.75) is 0 Å². The van der Waals surface area contributed by atoms with Crippen molar-refractivity contribution in [1.82, 2.24) is 9.78 Å². The third-order valence-corrected chi connectivity index (χ3v) is 4.22. The van der Waals surface area contributed by atoms with Gasteiger partial charge in [0.25, 0.3) is 0 Å². The first-order valence-corrected chi connectivity index (χ1v) is 8.40. The maximum atomic E-state index is 12.3. The van der Waals surface area contributed by atoms with Gasteiger partial charge in [-0.1, -0.05) is 0 Å². The van der Waals surface area contributed by atoms with Gasteiger partial charge in [-0.2, -0.15) is 5.10 Å². The molecule has 0 saturated heterocycles. The Balaban J connectivity index is 1.98.